The Morgan fingerprint density at radius 3 is 1.34 bits per heavy atom. The van der Waals surface area contributed by atoms with Gasteiger partial charge in [0.05, 0.1) is 0 Å². The highest BCUT2D eigenvalue weighted by molar-refractivity contribution is 7.87. The summed E-state index contributed by atoms with van der Waals surface area (Å²) in [4.78, 5) is 21.7. The third-order valence-corrected chi connectivity index (χ3v) is 6.60. The van der Waals surface area contributed by atoms with Crippen LogP contribution < -0.4 is 9.47 Å². The second-order valence-electron chi connectivity index (χ2n) is 6.95. The molecule has 0 spiro atoms. The van der Waals surface area contributed by atoms with Crippen molar-refractivity contribution in [2.24, 2.45) is 0 Å². The first-order valence-corrected chi connectivity index (χ1v) is 11.8. The number of rotatable bonds is 4. The van der Waals surface area contributed by atoms with Gasteiger partial charge < -0.3 is 9.47 Å². The minimum atomic E-state index is -4.91. The summed E-state index contributed by atoms with van der Waals surface area (Å²) < 4.78 is 78.0. The molecule has 0 radical (unpaired) electrons. The Morgan fingerprint density at radius 1 is 0.656 bits per heavy atom. The zero-order valence-electron chi connectivity index (χ0n) is 16.4. The fourth-order valence-electron chi connectivity index (χ4n) is 3.77. The molecule has 0 saturated heterocycles. The molecule has 0 bridgehead atoms. The topological polar surface area (TPSA) is 161 Å². The lowest BCUT2D eigenvalue weighted by atomic mass is 9.93. The highest BCUT2D eigenvalue weighted by Crippen LogP contribution is 2.46. The summed E-state index contributed by atoms with van der Waals surface area (Å²) in [5.41, 5.74) is 0. The van der Waals surface area contributed by atoms with Gasteiger partial charge in [-0.15, -0.1) is 0 Å². The van der Waals surface area contributed by atoms with Crippen LogP contribution in [0.5, 0.6) is 11.5 Å². The quantitative estimate of drug-likeness (QED) is 0.193. The summed E-state index contributed by atoms with van der Waals surface area (Å²) in [6.07, 6.45) is 0. The molecule has 12 heteroatoms. The fourth-order valence-corrected chi connectivity index (χ4v) is 5.28. The Bertz CT molecular complexity index is 1550. The van der Waals surface area contributed by atoms with Gasteiger partial charge in [-0.1, -0.05) is 12.1 Å². The normalized spacial score (nSPS) is 12.5. The van der Waals surface area contributed by atoms with Crippen LogP contribution in [0.4, 0.5) is 0 Å². The van der Waals surface area contributed by atoms with Crippen molar-refractivity contribution in [3.63, 3.8) is 0 Å². The van der Waals surface area contributed by atoms with Crippen molar-refractivity contribution < 1.29 is 45.0 Å². The molecule has 0 atom stereocenters. The summed E-state index contributed by atoms with van der Waals surface area (Å²) in [5.74, 6) is -1.43. The van der Waals surface area contributed by atoms with E-state index in [-0.39, 0.29) is 43.8 Å². The maximum absolute atomic E-state index is 12.0. The van der Waals surface area contributed by atoms with Crippen LogP contribution in [-0.4, -0.2) is 37.9 Å². The first-order chi connectivity index (χ1) is 14.8. The van der Waals surface area contributed by atoms with Gasteiger partial charge in [-0.05, 0) is 18.2 Å². The van der Waals surface area contributed by atoms with E-state index in [1.54, 1.807) is 0 Å². The Labute approximate surface area is 181 Å². The molecule has 166 valence electrons. The van der Waals surface area contributed by atoms with Crippen molar-refractivity contribution in [2.75, 3.05) is 0 Å². The number of carbonyl (C=O) groups excluding carboxylic acids is 2. The molecule has 0 heterocycles. The number of carbonyl (C=O) groups is 2. The van der Waals surface area contributed by atoms with Gasteiger partial charge in [-0.2, -0.15) is 16.8 Å². The van der Waals surface area contributed by atoms with Gasteiger partial charge in [0.25, 0.3) is 20.2 Å². The molecule has 0 saturated carbocycles. The van der Waals surface area contributed by atoms with Gasteiger partial charge in [0.2, 0.25) is 0 Å². The second-order valence-corrected chi connectivity index (χ2v) is 9.73. The lowest BCUT2D eigenvalue weighted by Crippen LogP contribution is -2.08. The molecule has 4 aromatic rings. The van der Waals surface area contributed by atoms with Gasteiger partial charge in [0.15, 0.2) is 0 Å². The third-order valence-electron chi connectivity index (χ3n) is 4.81. The number of ether oxygens (including phenoxy) is 2. The Hall–Kier alpha value is -3.32. The summed E-state index contributed by atoms with van der Waals surface area (Å²) in [6, 6.07) is 7.41. The smallest absolute Gasteiger partial charge is 0.308 e. The highest BCUT2D eigenvalue weighted by atomic mass is 32.2. The molecule has 10 nitrogen and oxygen atoms in total. The molecule has 0 aliphatic rings. The molecular weight excluding hydrogens is 464 g/mol. The third kappa shape index (κ3) is 3.52. The van der Waals surface area contributed by atoms with Gasteiger partial charge >= 0.3 is 11.9 Å². The zero-order chi connectivity index (χ0) is 23.6. The van der Waals surface area contributed by atoms with E-state index >= 15 is 0 Å². The SMILES string of the molecule is CC(=O)Oc1cc(OC(C)=O)c2ccc3c(S(=O)(=O)O)cc(S(=O)(=O)O)c4ccc1c2c43. The van der Waals surface area contributed by atoms with Crippen molar-refractivity contribution in [3.8, 4) is 11.5 Å². The summed E-state index contributed by atoms with van der Waals surface area (Å²) in [5, 5.41) is 0.676. The highest BCUT2D eigenvalue weighted by Gasteiger charge is 2.27. The van der Waals surface area contributed by atoms with Crippen molar-refractivity contribution in [1.29, 1.82) is 0 Å². The number of benzene rings is 4. The van der Waals surface area contributed by atoms with Crippen LogP contribution in [0, 0.1) is 0 Å². The lowest BCUT2D eigenvalue weighted by molar-refractivity contribution is -0.132. The van der Waals surface area contributed by atoms with Crippen LogP contribution in [0.1, 0.15) is 13.8 Å². The summed E-state index contributed by atoms with van der Waals surface area (Å²) >= 11 is 0. The molecule has 4 rings (SSSR count). The maximum Gasteiger partial charge on any atom is 0.308 e. The Balaban J connectivity index is 2.35. The monoisotopic (exact) mass is 478 g/mol. The standard InChI is InChI=1S/C20H14O10S2/c1-9(21)29-15-7-16(30-10(2)22)12-4-6-14-18(32(26,27)28)8-17(31(23,24)25)13-5-3-11(15)19(12)20(13)14/h3-8H,1-2H3,(H,23,24,25)(H,26,27,28). The molecule has 4 aromatic carbocycles. The van der Waals surface area contributed by atoms with Gasteiger partial charge in [-0.25, -0.2) is 0 Å². The van der Waals surface area contributed by atoms with Gasteiger partial charge in [0, 0.05) is 52.2 Å². The minimum absolute atomic E-state index is 0.0266. The van der Waals surface area contributed by atoms with E-state index in [1.165, 1.54) is 30.3 Å². The lowest BCUT2D eigenvalue weighted by Gasteiger charge is -2.18. The van der Waals surface area contributed by atoms with E-state index in [1.807, 2.05) is 0 Å². The van der Waals surface area contributed by atoms with E-state index < -0.39 is 42.0 Å². The number of hydrogen-bond acceptors (Lipinski definition) is 8. The van der Waals surface area contributed by atoms with E-state index in [4.69, 9.17) is 9.47 Å². The molecule has 0 aliphatic heterocycles. The molecule has 0 aliphatic carbocycles. The first kappa shape index (κ1) is 21.9. The molecule has 32 heavy (non-hydrogen) atoms. The van der Waals surface area contributed by atoms with Crippen LogP contribution in [-0.2, 0) is 29.8 Å². The summed E-state index contributed by atoms with van der Waals surface area (Å²) in [6.45, 7) is 2.30. The van der Waals surface area contributed by atoms with Crippen molar-refractivity contribution in [2.45, 2.75) is 23.6 Å². The summed E-state index contributed by atoms with van der Waals surface area (Å²) in [7, 11) is -9.83. The molecule has 0 fully saturated rings. The van der Waals surface area contributed by atoms with Crippen LogP contribution in [0.25, 0.3) is 32.3 Å². The minimum Gasteiger partial charge on any atom is -0.426 e. The van der Waals surface area contributed by atoms with Crippen molar-refractivity contribution in [1.82, 2.24) is 0 Å². The van der Waals surface area contributed by atoms with E-state index in [0.717, 1.165) is 13.8 Å². The fraction of sp³-hybridized carbons (Fsp3) is 0.100. The van der Waals surface area contributed by atoms with Crippen LogP contribution in [0.15, 0.2) is 46.2 Å². The average Bonchev–Trinajstić information content (AvgIpc) is 2.64. The van der Waals surface area contributed by atoms with E-state index in [0.29, 0.717) is 6.07 Å². The van der Waals surface area contributed by atoms with E-state index in [9.17, 15) is 35.5 Å². The Morgan fingerprint density at radius 2 is 1.00 bits per heavy atom. The molecule has 0 unspecified atom stereocenters. The van der Waals surface area contributed by atoms with Crippen LogP contribution >= 0.6 is 0 Å². The van der Waals surface area contributed by atoms with Gasteiger partial charge in [-0.3, -0.25) is 18.7 Å². The Kier molecular flexibility index (Phi) is 4.86. The van der Waals surface area contributed by atoms with Crippen molar-refractivity contribution >= 4 is 64.5 Å². The van der Waals surface area contributed by atoms with Crippen molar-refractivity contribution in [3.05, 3.63) is 36.4 Å². The number of hydrogen-bond donors (Lipinski definition) is 2. The van der Waals surface area contributed by atoms with Crippen LogP contribution in [0.3, 0.4) is 0 Å². The molecule has 0 aromatic heterocycles. The predicted octanol–water partition coefficient (Wildman–Crippen LogP) is 2.93. The van der Waals surface area contributed by atoms with Crippen LogP contribution in [0.2, 0.25) is 0 Å². The maximum atomic E-state index is 12.0. The average molecular weight is 478 g/mol. The number of esters is 2. The predicted molar refractivity (Wildman–Crippen MR) is 112 cm³/mol. The van der Waals surface area contributed by atoms with Gasteiger partial charge in [0.1, 0.15) is 21.3 Å². The molecule has 0 amide bonds. The second kappa shape index (κ2) is 7.10. The molecular formula is C20H14O10S2. The largest absolute Gasteiger partial charge is 0.426 e. The molecule has 2 N–H and O–H groups in total. The first-order valence-electron chi connectivity index (χ1n) is 8.89. The zero-order valence-corrected chi connectivity index (χ0v) is 18.1. The van der Waals surface area contributed by atoms with E-state index in [2.05, 4.69) is 0 Å².